The average Bonchev–Trinajstić information content (AvgIpc) is 3.34. The first kappa shape index (κ1) is 61.4. The Morgan fingerprint density at radius 1 is 0.388 bits per heavy atom. The zero-order valence-corrected chi connectivity index (χ0v) is 46.1. The number of hydrogen-bond donors (Lipinski definition) is 0. The van der Waals surface area contributed by atoms with Gasteiger partial charge in [0.2, 0.25) is 0 Å². The van der Waals surface area contributed by atoms with Gasteiger partial charge in [-0.2, -0.15) is 0 Å². The normalized spacial score (nSPS) is 11.5. The third-order valence-electron chi connectivity index (χ3n) is 13.6. The van der Waals surface area contributed by atoms with E-state index in [0.717, 1.165) is 49.4 Å². The number of para-hydroxylation sites is 2. The molecule has 0 saturated heterocycles. The molecule has 386 valence electrons. The summed E-state index contributed by atoms with van der Waals surface area (Å²) < 4.78 is 19.3. The van der Waals surface area contributed by atoms with E-state index in [1.54, 1.807) is 0 Å². The van der Waals surface area contributed by atoms with Crippen LogP contribution >= 0.6 is 19.0 Å². The van der Waals surface area contributed by atoms with Crippen LogP contribution in [-0.2, 0) is 22.4 Å². The molecule has 0 fully saturated rings. The number of unbranched alkanes of at least 4 members (excludes halogenated alkanes) is 36. The lowest BCUT2D eigenvalue weighted by atomic mass is 10.0. The smallest absolute Gasteiger partial charge is 0.360 e. The van der Waals surface area contributed by atoms with Crippen molar-refractivity contribution in [1.29, 1.82) is 0 Å². The first-order valence-electron chi connectivity index (χ1n) is 29.3. The van der Waals surface area contributed by atoms with Gasteiger partial charge in [-0.3, -0.25) is 4.79 Å². The number of ether oxygens (including phenoxy) is 1. The van der Waals surface area contributed by atoms with Crippen LogP contribution < -0.4 is 9.05 Å². The van der Waals surface area contributed by atoms with E-state index in [9.17, 15) is 4.79 Å². The molecule has 6 heteroatoms. The van der Waals surface area contributed by atoms with Crippen LogP contribution in [0.3, 0.4) is 0 Å². The largest absolute Gasteiger partial charge is 0.466 e. The highest BCUT2D eigenvalue weighted by atomic mass is 32.7. The van der Waals surface area contributed by atoms with Crippen molar-refractivity contribution < 1.29 is 18.6 Å². The topological polar surface area (TPSA) is 44.8 Å². The van der Waals surface area contributed by atoms with Crippen LogP contribution in [0.15, 0.2) is 48.5 Å². The summed E-state index contributed by atoms with van der Waals surface area (Å²) in [6.45, 7) is 7.48. The Morgan fingerprint density at radius 3 is 1.09 bits per heavy atom. The molecule has 0 bridgehead atoms. The second-order valence-electron chi connectivity index (χ2n) is 20.0. The summed E-state index contributed by atoms with van der Waals surface area (Å²) in [6.07, 6.45) is 55.3. The van der Waals surface area contributed by atoms with Crippen molar-refractivity contribution in [3.8, 4) is 11.5 Å². The molecule has 0 heterocycles. The predicted molar refractivity (Wildman–Crippen MR) is 298 cm³/mol. The van der Waals surface area contributed by atoms with Crippen molar-refractivity contribution in [3.05, 3.63) is 59.7 Å². The van der Waals surface area contributed by atoms with Gasteiger partial charge in [0, 0.05) is 12.2 Å². The maximum absolute atomic E-state index is 12.2. The summed E-state index contributed by atoms with van der Waals surface area (Å²) in [7, 11) is -1.18. The minimum absolute atomic E-state index is 0.00795. The van der Waals surface area contributed by atoms with Crippen molar-refractivity contribution in [3.63, 3.8) is 0 Å². The molecule has 0 aliphatic heterocycles. The molecule has 0 saturated carbocycles. The molecule has 0 atom stereocenters. The van der Waals surface area contributed by atoms with Gasteiger partial charge in [0.1, 0.15) is 11.5 Å². The van der Waals surface area contributed by atoms with Gasteiger partial charge in [-0.05, 0) is 79.6 Å². The zero-order valence-electron chi connectivity index (χ0n) is 44.4. The lowest BCUT2D eigenvalue weighted by Crippen LogP contribution is -2.05. The Balaban J connectivity index is 1.70. The second-order valence-corrected chi connectivity index (χ2v) is 23.2. The molecule has 0 aliphatic carbocycles. The number of aryl methyl sites for hydroxylation is 2. The molecule has 0 aliphatic rings. The highest BCUT2D eigenvalue weighted by Gasteiger charge is 2.20. The van der Waals surface area contributed by atoms with Gasteiger partial charge >= 0.3 is 13.5 Å². The first-order chi connectivity index (χ1) is 33.2. The number of carbonyl (C=O) groups is 1. The lowest BCUT2D eigenvalue weighted by molar-refractivity contribution is -0.143. The Hall–Kier alpha value is -1.71. The van der Waals surface area contributed by atoms with E-state index in [2.05, 4.69) is 69.3 Å². The molecule has 0 amide bonds. The molecule has 0 spiro atoms. The molecular formula is C61H107O4PS. The van der Waals surface area contributed by atoms with E-state index in [4.69, 9.17) is 13.8 Å². The minimum Gasteiger partial charge on any atom is -0.466 e. The van der Waals surface area contributed by atoms with E-state index < -0.39 is 7.58 Å². The number of hydrogen-bond acceptors (Lipinski definition) is 5. The molecular weight excluding hydrogens is 860 g/mol. The van der Waals surface area contributed by atoms with Gasteiger partial charge in [-0.15, -0.1) is 0 Å². The van der Waals surface area contributed by atoms with E-state index in [-0.39, 0.29) is 5.97 Å². The van der Waals surface area contributed by atoms with E-state index in [0.29, 0.717) is 13.0 Å². The first-order valence-corrected chi connectivity index (χ1v) is 32.0. The van der Waals surface area contributed by atoms with Crippen molar-refractivity contribution in [1.82, 2.24) is 0 Å². The molecule has 0 N–H and O–H groups in total. The van der Waals surface area contributed by atoms with Gasteiger partial charge in [-0.1, -0.05) is 282 Å². The highest BCUT2D eigenvalue weighted by molar-refractivity contribution is 8.53. The fraction of sp³-hybridized carbons (Fsp3) is 0.787. The second kappa shape index (κ2) is 47.9. The molecule has 0 radical (unpaired) electrons. The van der Waals surface area contributed by atoms with Crippen LogP contribution in [0, 0.1) is 0 Å². The Kier molecular flexibility index (Phi) is 43.9. The maximum atomic E-state index is 12.2. The average molecular weight is 968 g/mol. The summed E-state index contributed by atoms with van der Waals surface area (Å²) in [5.74, 6) is 3.11. The van der Waals surface area contributed by atoms with Gasteiger partial charge in [0.25, 0.3) is 0 Å². The lowest BCUT2D eigenvalue weighted by Gasteiger charge is -2.21. The molecule has 4 nitrogen and oxygen atoms in total. The SMILES string of the molecule is CCCCCCCCCCCCOC(=O)CCCCCCCCCCCCSP(Oc1ccccc1CCCCCCCCCCCC)Oc1ccccc1CCCCCCCCCCCC. The fourth-order valence-corrected chi connectivity index (χ4v) is 12.1. The van der Waals surface area contributed by atoms with Gasteiger partial charge < -0.3 is 13.8 Å². The Morgan fingerprint density at radius 2 is 0.701 bits per heavy atom. The Bertz CT molecular complexity index is 1280. The van der Waals surface area contributed by atoms with Crippen molar-refractivity contribution in [2.45, 2.75) is 297 Å². The number of carbonyl (C=O) groups excluding carboxylic acids is 1. The summed E-state index contributed by atoms with van der Waals surface area (Å²) >= 11 is 1.90. The van der Waals surface area contributed by atoms with Crippen LogP contribution in [0.1, 0.15) is 295 Å². The quantitative estimate of drug-likeness (QED) is 0.0376. The van der Waals surface area contributed by atoms with Gasteiger partial charge in [0.15, 0.2) is 0 Å². The Labute approximate surface area is 421 Å². The van der Waals surface area contributed by atoms with Crippen molar-refractivity contribution in [2.24, 2.45) is 0 Å². The monoisotopic (exact) mass is 967 g/mol. The van der Waals surface area contributed by atoms with E-state index in [1.807, 2.05) is 11.4 Å². The predicted octanol–water partition coefficient (Wildman–Crippen LogP) is 21.8. The summed E-state index contributed by atoms with van der Waals surface area (Å²) in [4.78, 5) is 12.2. The van der Waals surface area contributed by atoms with Crippen molar-refractivity contribution >= 4 is 24.9 Å². The number of benzene rings is 2. The summed E-state index contributed by atoms with van der Waals surface area (Å²) in [5.41, 5.74) is 2.66. The van der Waals surface area contributed by atoms with Gasteiger partial charge in [-0.25, -0.2) is 0 Å². The van der Waals surface area contributed by atoms with Crippen molar-refractivity contribution in [2.75, 3.05) is 12.4 Å². The maximum Gasteiger partial charge on any atom is 0.360 e. The molecule has 2 aromatic rings. The van der Waals surface area contributed by atoms with Crippen LogP contribution in [-0.4, -0.2) is 18.3 Å². The number of rotatable bonds is 51. The molecule has 0 aromatic heterocycles. The van der Waals surface area contributed by atoms with Crippen LogP contribution in [0.25, 0.3) is 0 Å². The van der Waals surface area contributed by atoms with Crippen LogP contribution in [0.4, 0.5) is 0 Å². The van der Waals surface area contributed by atoms with Crippen LogP contribution in [0.5, 0.6) is 11.5 Å². The fourth-order valence-electron chi connectivity index (χ4n) is 9.21. The number of esters is 1. The molecule has 2 aromatic carbocycles. The molecule has 67 heavy (non-hydrogen) atoms. The minimum atomic E-state index is -1.18. The zero-order chi connectivity index (χ0) is 47.8. The van der Waals surface area contributed by atoms with Gasteiger partial charge in [0.05, 0.1) is 6.61 Å². The molecule has 0 unspecified atom stereocenters. The van der Waals surface area contributed by atoms with Crippen LogP contribution in [0.2, 0.25) is 0 Å². The van der Waals surface area contributed by atoms with E-state index >= 15 is 0 Å². The molecule has 2 rings (SSSR count). The summed E-state index contributed by atoms with van der Waals surface area (Å²) in [6, 6.07) is 17.5. The standard InChI is InChI=1S/C61H107O4PS/c1-4-7-10-13-16-19-24-29-34-39-48-57-50-42-44-52-59(57)64-66(65-60-53-45-43-51-58(60)49-40-35-30-25-20-17-14-11-8-5-2)67-56-47-38-33-28-23-22-26-31-36-41-54-61(62)63-55-46-37-32-27-21-18-15-12-9-6-3/h42-45,50-53H,4-41,46-49,54-56H2,1-3H3. The highest BCUT2D eigenvalue weighted by Crippen LogP contribution is 2.53. The summed E-state index contributed by atoms with van der Waals surface area (Å²) in [5, 5.41) is 0. The van der Waals surface area contributed by atoms with E-state index in [1.165, 1.54) is 249 Å². The third-order valence-corrected chi connectivity index (χ3v) is 16.6. The third kappa shape index (κ3) is 37.7.